The lowest BCUT2D eigenvalue weighted by Gasteiger charge is -2.31. The Bertz CT molecular complexity index is 504. The monoisotopic (exact) mass is 256 g/mol. The van der Waals surface area contributed by atoms with Crippen molar-refractivity contribution in [3.63, 3.8) is 0 Å². The summed E-state index contributed by atoms with van der Waals surface area (Å²) in [5, 5.41) is 9.53. The minimum Gasteiger partial charge on any atom is -0.301 e. The highest BCUT2D eigenvalue weighted by Gasteiger charge is 2.52. The first-order valence-corrected chi connectivity index (χ1v) is 7.09. The van der Waals surface area contributed by atoms with Crippen LogP contribution < -0.4 is 0 Å². The number of hydrogen-bond acceptors (Lipinski definition) is 2. The number of rotatable bonds is 4. The third-order valence-corrected chi connectivity index (χ3v) is 4.32. The maximum absolute atomic E-state index is 9.53. The van der Waals surface area contributed by atoms with E-state index >= 15 is 0 Å². The molecule has 2 heteroatoms. The summed E-state index contributed by atoms with van der Waals surface area (Å²) in [5.41, 5.74) is 3.82. The number of hydrogen-bond donors (Lipinski definition) is 0. The van der Waals surface area contributed by atoms with E-state index in [2.05, 4.69) is 64.0 Å². The normalized spacial score (nSPS) is 18.4. The Kier molecular flexibility index (Phi) is 3.69. The zero-order valence-electron chi connectivity index (χ0n) is 12.7. The van der Waals surface area contributed by atoms with Gasteiger partial charge in [0.05, 0.1) is 17.5 Å². The van der Waals surface area contributed by atoms with Gasteiger partial charge in [-0.2, -0.15) is 5.26 Å². The molecule has 1 aliphatic carbocycles. The number of benzene rings is 1. The first kappa shape index (κ1) is 14.1. The Hall–Kier alpha value is -1.33. The lowest BCUT2D eigenvalue weighted by Crippen LogP contribution is -2.28. The van der Waals surface area contributed by atoms with Gasteiger partial charge in [-0.3, -0.25) is 0 Å². The summed E-state index contributed by atoms with van der Waals surface area (Å²) in [6.07, 6.45) is 2.05. The molecule has 2 rings (SSSR count). The lowest BCUT2D eigenvalue weighted by atomic mass is 9.85. The molecule has 0 amide bonds. The number of nitriles is 1. The second-order valence-corrected chi connectivity index (χ2v) is 6.40. The SMILES string of the molecule is Cc1ccc(C(C)C)cc1C(N(C)C)C1(C#N)CC1. The van der Waals surface area contributed by atoms with Gasteiger partial charge < -0.3 is 4.90 Å². The second-order valence-electron chi connectivity index (χ2n) is 6.40. The van der Waals surface area contributed by atoms with E-state index < -0.39 is 0 Å². The summed E-state index contributed by atoms with van der Waals surface area (Å²) >= 11 is 0. The van der Waals surface area contributed by atoms with Crippen LogP contribution in [0.1, 0.15) is 55.3 Å². The van der Waals surface area contributed by atoms with Crippen molar-refractivity contribution in [3.05, 3.63) is 34.9 Å². The number of nitrogens with zero attached hydrogens (tertiary/aromatic N) is 2. The van der Waals surface area contributed by atoms with E-state index in [0.717, 1.165) is 12.8 Å². The third-order valence-electron chi connectivity index (χ3n) is 4.32. The van der Waals surface area contributed by atoms with Gasteiger partial charge in [0.25, 0.3) is 0 Å². The minimum atomic E-state index is -0.163. The highest BCUT2D eigenvalue weighted by molar-refractivity contribution is 5.38. The molecular weight excluding hydrogens is 232 g/mol. The van der Waals surface area contributed by atoms with Gasteiger partial charge in [-0.1, -0.05) is 32.0 Å². The molecule has 0 bridgehead atoms. The fourth-order valence-electron chi connectivity index (χ4n) is 2.96. The van der Waals surface area contributed by atoms with Crippen molar-refractivity contribution in [1.29, 1.82) is 5.26 Å². The maximum Gasteiger partial charge on any atom is 0.0771 e. The van der Waals surface area contributed by atoms with Gasteiger partial charge in [0, 0.05) is 0 Å². The molecule has 0 radical (unpaired) electrons. The Morgan fingerprint density at radius 2 is 1.89 bits per heavy atom. The van der Waals surface area contributed by atoms with Crippen LogP contribution in [-0.2, 0) is 0 Å². The molecule has 1 aliphatic rings. The molecule has 1 unspecified atom stereocenters. The summed E-state index contributed by atoms with van der Waals surface area (Å²) in [4.78, 5) is 2.21. The van der Waals surface area contributed by atoms with E-state index in [0.29, 0.717) is 5.92 Å². The van der Waals surface area contributed by atoms with Crippen LogP contribution in [0.4, 0.5) is 0 Å². The van der Waals surface area contributed by atoms with E-state index in [4.69, 9.17) is 0 Å². The van der Waals surface area contributed by atoms with E-state index in [1.807, 2.05) is 0 Å². The molecular formula is C17H24N2. The molecule has 0 N–H and O–H groups in total. The number of aryl methyl sites for hydroxylation is 1. The van der Waals surface area contributed by atoms with Crippen molar-refractivity contribution in [3.8, 4) is 6.07 Å². The third kappa shape index (κ3) is 2.53. The quantitative estimate of drug-likeness (QED) is 0.813. The second kappa shape index (κ2) is 4.98. The average Bonchev–Trinajstić information content (AvgIpc) is 3.12. The van der Waals surface area contributed by atoms with E-state index in [9.17, 15) is 5.26 Å². The van der Waals surface area contributed by atoms with Crippen molar-refractivity contribution in [2.45, 2.75) is 45.6 Å². The molecule has 1 saturated carbocycles. The molecule has 19 heavy (non-hydrogen) atoms. The largest absolute Gasteiger partial charge is 0.301 e. The summed E-state index contributed by atoms with van der Waals surface area (Å²) in [6.45, 7) is 6.59. The summed E-state index contributed by atoms with van der Waals surface area (Å²) < 4.78 is 0. The predicted octanol–water partition coefficient (Wildman–Crippen LogP) is 4.02. The zero-order valence-corrected chi connectivity index (χ0v) is 12.7. The van der Waals surface area contributed by atoms with Crippen LogP contribution in [0.25, 0.3) is 0 Å². The molecule has 1 atom stereocenters. The van der Waals surface area contributed by atoms with E-state index in [1.165, 1.54) is 16.7 Å². The zero-order chi connectivity index (χ0) is 14.2. The molecule has 1 aromatic carbocycles. The topological polar surface area (TPSA) is 27.0 Å². The molecule has 0 aromatic heterocycles. The molecule has 1 fully saturated rings. The molecule has 2 nitrogen and oxygen atoms in total. The standard InChI is InChI=1S/C17H24N2/c1-12(2)14-7-6-13(3)15(10-14)16(19(4)5)17(11-18)8-9-17/h6-7,10,12,16H,8-9H2,1-5H3. The van der Waals surface area contributed by atoms with Gasteiger partial charge in [-0.15, -0.1) is 0 Å². The van der Waals surface area contributed by atoms with Crippen LogP contribution in [0.2, 0.25) is 0 Å². The van der Waals surface area contributed by atoms with Gasteiger partial charge >= 0.3 is 0 Å². The van der Waals surface area contributed by atoms with Gasteiger partial charge in [-0.05, 0) is 56.5 Å². The molecule has 102 valence electrons. The smallest absolute Gasteiger partial charge is 0.0771 e. The first-order chi connectivity index (χ1) is 8.91. The van der Waals surface area contributed by atoms with Gasteiger partial charge in [0.1, 0.15) is 0 Å². The molecule has 0 saturated heterocycles. The molecule has 1 aromatic rings. The van der Waals surface area contributed by atoms with Crippen LogP contribution in [0.15, 0.2) is 18.2 Å². The minimum absolute atomic E-state index is 0.163. The van der Waals surface area contributed by atoms with E-state index in [1.54, 1.807) is 0 Å². The van der Waals surface area contributed by atoms with Crippen LogP contribution in [0, 0.1) is 23.7 Å². The Morgan fingerprint density at radius 3 is 2.32 bits per heavy atom. The first-order valence-electron chi connectivity index (χ1n) is 7.09. The Balaban J connectivity index is 2.48. The summed E-state index contributed by atoms with van der Waals surface area (Å²) in [5.74, 6) is 0.527. The van der Waals surface area contributed by atoms with Crippen LogP contribution in [0.5, 0.6) is 0 Å². The Morgan fingerprint density at radius 1 is 1.26 bits per heavy atom. The fourth-order valence-corrected chi connectivity index (χ4v) is 2.96. The Labute approximate surface area is 117 Å². The van der Waals surface area contributed by atoms with Crippen LogP contribution in [-0.4, -0.2) is 19.0 Å². The highest BCUT2D eigenvalue weighted by Crippen LogP contribution is 2.56. The summed E-state index contributed by atoms with van der Waals surface area (Å²) in [7, 11) is 4.17. The van der Waals surface area contributed by atoms with Gasteiger partial charge in [-0.25, -0.2) is 0 Å². The van der Waals surface area contributed by atoms with Gasteiger partial charge in [0.15, 0.2) is 0 Å². The molecule has 0 spiro atoms. The van der Waals surface area contributed by atoms with E-state index in [-0.39, 0.29) is 11.5 Å². The highest BCUT2D eigenvalue weighted by atomic mass is 15.1. The van der Waals surface area contributed by atoms with Crippen molar-refractivity contribution in [1.82, 2.24) is 4.90 Å². The lowest BCUT2D eigenvalue weighted by molar-refractivity contribution is 0.231. The maximum atomic E-state index is 9.53. The van der Waals surface area contributed by atoms with Crippen molar-refractivity contribution < 1.29 is 0 Å². The van der Waals surface area contributed by atoms with Crippen molar-refractivity contribution in [2.75, 3.05) is 14.1 Å². The average molecular weight is 256 g/mol. The molecule has 0 heterocycles. The van der Waals surface area contributed by atoms with Crippen LogP contribution >= 0.6 is 0 Å². The predicted molar refractivity (Wildman–Crippen MR) is 79.0 cm³/mol. The van der Waals surface area contributed by atoms with Crippen LogP contribution in [0.3, 0.4) is 0 Å². The van der Waals surface area contributed by atoms with Crippen molar-refractivity contribution >= 4 is 0 Å². The van der Waals surface area contributed by atoms with Gasteiger partial charge in [0.2, 0.25) is 0 Å². The summed E-state index contributed by atoms with van der Waals surface area (Å²) in [6, 6.07) is 9.51. The molecule has 0 aliphatic heterocycles. The van der Waals surface area contributed by atoms with Crippen molar-refractivity contribution in [2.24, 2.45) is 5.41 Å². The fraction of sp³-hybridized carbons (Fsp3) is 0.588.